The lowest BCUT2D eigenvalue weighted by molar-refractivity contribution is 0.137. The molecule has 0 spiro atoms. The zero-order valence-corrected chi connectivity index (χ0v) is 4.77. The van der Waals surface area contributed by atoms with E-state index in [1.807, 2.05) is 0 Å². The van der Waals surface area contributed by atoms with Crippen LogP contribution >= 0.6 is 0 Å². The van der Waals surface area contributed by atoms with Crippen molar-refractivity contribution >= 4 is 6.16 Å². The predicted octanol–water partition coefficient (Wildman–Crippen LogP) is 1.19. The van der Waals surface area contributed by atoms with Crippen molar-refractivity contribution in [3.05, 3.63) is 12.0 Å². The van der Waals surface area contributed by atoms with Gasteiger partial charge in [-0.1, -0.05) is 0 Å². The molecule has 0 heterocycles. The van der Waals surface area contributed by atoms with E-state index in [1.54, 1.807) is 0 Å². The zero-order valence-electron chi connectivity index (χ0n) is 4.77. The van der Waals surface area contributed by atoms with Crippen molar-refractivity contribution in [2.24, 2.45) is 0 Å². The first kappa shape index (κ1) is 10.6. The summed E-state index contributed by atoms with van der Waals surface area (Å²) in [6.45, 7) is 1.39. The van der Waals surface area contributed by atoms with E-state index in [0.29, 0.717) is 6.26 Å². The molecule has 0 saturated carbocycles. The minimum Gasteiger partial charge on any atom is -0.512 e. The topological polar surface area (TPSA) is 98.0 Å². The first-order valence-corrected chi connectivity index (χ1v) is 1.92. The molecule has 0 aliphatic carbocycles. The normalized spacial score (nSPS) is 9.22. The number of aliphatic hydroxyl groups is 2. The third-order valence-electron chi connectivity index (χ3n) is 0.187. The number of hydrogen-bond acceptors (Lipinski definition) is 3. The van der Waals surface area contributed by atoms with Crippen LogP contribution < -0.4 is 0 Å². The summed E-state index contributed by atoms with van der Waals surface area (Å²) in [5, 5.41) is 29.6. The smallest absolute Gasteiger partial charge is 0.503 e. The fraction of sp³-hybridized carbons (Fsp3) is 0.250. The Hall–Kier alpha value is -1.39. The fourth-order valence-corrected chi connectivity index (χ4v) is 0. The van der Waals surface area contributed by atoms with Gasteiger partial charge in [-0.25, -0.2) is 4.79 Å². The zero-order chi connectivity index (χ0) is 7.86. The molecule has 0 aliphatic rings. The average Bonchev–Trinajstić information content (AvgIpc) is 1.65. The lowest BCUT2D eigenvalue weighted by Gasteiger charge is -1.74. The Bertz CT molecular complexity index is 97.5. The Kier molecular flexibility index (Phi) is 7.76. The van der Waals surface area contributed by atoms with Gasteiger partial charge in [-0.2, -0.15) is 0 Å². The van der Waals surface area contributed by atoms with Gasteiger partial charge in [-0.05, 0) is 6.92 Å². The lowest BCUT2D eigenvalue weighted by atomic mass is 10.7. The standard InChI is InChI=1S/C3H6O2.CH2O3/c1-3(5)2-4;2-1(3)4/h2,4-5H,1H3;(H2,2,3,4). The van der Waals surface area contributed by atoms with Crippen LogP contribution in [0.1, 0.15) is 6.92 Å². The van der Waals surface area contributed by atoms with Gasteiger partial charge in [0.1, 0.15) is 12.0 Å². The second kappa shape index (κ2) is 6.61. The molecular formula is C4H8O5. The third-order valence-corrected chi connectivity index (χ3v) is 0.187. The van der Waals surface area contributed by atoms with Crippen LogP contribution in [0.15, 0.2) is 12.0 Å². The van der Waals surface area contributed by atoms with Gasteiger partial charge in [0.2, 0.25) is 0 Å². The maximum atomic E-state index is 8.56. The quantitative estimate of drug-likeness (QED) is 0.375. The summed E-state index contributed by atoms with van der Waals surface area (Å²) in [6, 6.07) is 0. The van der Waals surface area contributed by atoms with Crippen molar-refractivity contribution in [1.82, 2.24) is 0 Å². The Morgan fingerprint density at radius 1 is 1.33 bits per heavy atom. The number of aliphatic hydroxyl groups excluding tert-OH is 2. The maximum Gasteiger partial charge on any atom is 0.503 e. The van der Waals surface area contributed by atoms with E-state index in [-0.39, 0.29) is 5.76 Å². The largest absolute Gasteiger partial charge is 0.512 e. The van der Waals surface area contributed by atoms with E-state index in [0.717, 1.165) is 0 Å². The molecule has 5 heteroatoms. The van der Waals surface area contributed by atoms with Gasteiger partial charge in [-0.15, -0.1) is 0 Å². The molecule has 54 valence electrons. The molecule has 0 saturated heterocycles. The van der Waals surface area contributed by atoms with Crippen molar-refractivity contribution in [3.8, 4) is 0 Å². The summed E-state index contributed by atoms with van der Waals surface area (Å²) >= 11 is 0. The lowest BCUT2D eigenvalue weighted by Crippen LogP contribution is -1.81. The molecule has 5 nitrogen and oxygen atoms in total. The summed E-state index contributed by atoms with van der Waals surface area (Å²) in [5.74, 6) is -0.0648. The number of allylic oxidation sites excluding steroid dienone is 1. The van der Waals surface area contributed by atoms with E-state index >= 15 is 0 Å². The van der Waals surface area contributed by atoms with Crippen LogP contribution in [-0.4, -0.2) is 26.6 Å². The summed E-state index contributed by atoms with van der Waals surface area (Å²) in [7, 11) is 0. The highest BCUT2D eigenvalue weighted by molar-refractivity contribution is 5.53. The van der Waals surface area contributed by atoms with Crippen LogP contribution in [0, 0.1) is 0 Å². The van der Waals surface area contributed by atoms with Crippen LogP contribution in [0.2, 0.25) is 0 Å². The molecule has 9 heavy (non-hydrogen) atoms. The highest BCUT2D eigenvalue weighted by Crippen LogP contribution is 1.74. The molecule has 0 fully saturated rings. The van der Waals surface area contributed by atoms with Crippen LogP contribution in [0.4, 0.5) is 4.79 Å². The molecule has 0 unspecified atom stereocenters. The van der Waals surface area contributed by atoms with Crippen molar-refractivity contribution in [2.45, 2.75) is 6.92 Å². The Balaban J connectivity index is 0. The Labute approximate surface area is 51.5 Å². The molecule has 0 rings (SSSR count). The highest BCUT2D eigenvalue weighted by atomic mass is 16.6. The first-order chi connectivity index (χ1) is 4.00. The fourth-order valence-electron chi connectivity index (χ4n) is 0. The second-order valence-electron chi connectivity index (χ2n) is 1.05. The predicted molar refractivity (Wildman–Crippen MR) is 29.7 cm³/mol. The van der Waals surface area contributed by atoms with Gasteiger partial charge < -0.3 is 20.4 Å². The highest BCUT2D eigenvalue weighted by Gasteiger charge is 1.70. The van der Waals surface area contributed by atoms with E-state index in [1.165, 1.54) is 6.92 Å². The van der Waals surface area contributed by atoms with Crippen molar-refractivity contribution in [3.63, 3.8) is 0 Å². The van der Waals surface area contributed by atoms with Gasteiger partial charge >= 0.3 is 6.16 Å². The molecule has 0 atom stereocenters. The molecule has 0 radical (unpaired) electrons. The van der Waals surface area contributed by atoms with Crippen LogP contribution in [0.3, 0.4) is 0 Å². The molecule has 0 aromatic heterocycles. The summed E-state index contributed by atoms with van der Waals surface area (Å²) in [6.07, 6.45) is -1.19. The van der Waals surface area contributed by atoms with Crippen LogP contribution in [0.25, 0.3) is 0 Å². The number of hydrogen-bond donors (Lipinski definition) is 4. The molecule has 0 aromatic carbocycles. The van der Waals surface area contributed by atoms with Crippen LogP contribution in [-0.2, 0) is 0 Å². The van der Waals surface area contributed by atoms with Gasteiger partial charge in [0.25, 0.3) is 0 Å². The van der Waals surface area contributed by atoms with Crippen molar-refractivity contribution in [2.75, 3.05) is 0 Å². The van der Waals surface area contributed by atoms with Gasteiger partial charge in [0.05, 0.1) is 0 Å². The van der Waals surface area contributed by atoms with E-state index in [4.69, 9.17) is 25.2 Å². The molecule has 0 aromatic rings. The summed E-state index contributed by atoms with van der Waals surface area (Å²) in [5.41, 5.74) is 0. The molecular weight excluding hydrogens is 128 g/mol. The molecule has 0 amide bonds. The number of rotatable bonds is 0. The first-order valence-electron chi connectivity index (χ1n) is 1.92. The monoisotopic (exact) mass is 136 g/mol. The maximum absolute atomic E-state index is 8.56. The molecule has 0 bridgehead atoms. The van der Waals surface area contributed by atoms with E-state index in [2.05, 4.69) is 0 Å². The van der Waals surface area contributed by atoms with Crippen molar-refractivity contribution in [1.29, 1.82) is 0 Å². The second-order valence-corrected chi connectivity index (χ2v) is 1.05. The molecule has 0 aliphatic heterocycles. The number of carbonyl (C=O) groups is 1. The third kappa shape index (κ3) is 378. The minimum absolute atomic E-state index is 0.0648. The molecule has 4 N–H and O–H groups in total. The minimum atomic E-state index is -1.83. The van der Waals surface area contributed by atoms with Gasteiger partial charge in [-0.3, -0.25) is 0 Å². The SMILES string of the molecule is CC(O)=CO.O=C(O)O. The summed E-state index contributed by atoms with van der Waals surface area (Å²) < 4.78 is 0. The average molecular weight is 136 g/mol. The van der Waals surface area contributed by atoms with Crippen molar-refractivity contribution < 1.29 is 25.2 Å². The summed E-state index contributed by atoms with van der Waals surface area (Å²) in [4.78, 5) is 8.56. The Morgan fingerprint density at radius 2 is 1.44 bits per heavy atom. The van der Waals surface area contributed by atoms with Crippen LogP contribution in [0.5, 0.6) is 0 Å². The van der Waals surface area contributed by atoms with Gasteiger partial charge in [0, 0.05) is 0 Å². The van der Waals surface area contributed by atoms with Gasteiger partial charge in [0.15, 0.2) is 0 Å². The van der Waals surface area contributed by atoms with E-state index < -0.39 is 6.16 Å². The number of carboxylic acid groups (broad SMARTS) is 2. The Morgan fingerprint density at radius 3 is 1.44 bits per heavy atom. The van der Waals surface area contributed by atoms with E-state index in [9.17, 15) is 0 Å².